The molecule has 1 heterocycles. The second kappa shape index (κ2) is 31.4. The Bertz CT molecular complexity index is 779. The third-order valence-electron chi connectivity index (χ3n) is 9.49. The lowest BCUT2D eigenvalue weighted by Crippen LogP contribution is -2.59. The summed E-state index contributed by atoms with van der Waals surface area (Å²) < 4.78 is 22.1. The molecule has 0 radical (unpaired) electrons. The topological polar surface area (TPSA) is 152 Å². The van der Waals surface area contributed by atoms with Gasteiger partial charge in [-0.15, -0.1) is 0 Å². The molecule has 1 rings (SSSR count). The highest BCUT2D eigenvalue weighted by Crippen LogP contribution is 2.22. The Hall–Kier alpha value is -1.30. The number of esters is 2. The molecular weight excluding hydrogens is 628 g/mol. The number of hydrogen-bond donors (Lipinski definition) is 4. The van der Waals surface area contributed by atoms with E-state index in [0.717, 1.165) is 38.5 Å². The van der Waals surface area contributed by atoms with Crippen LogP contribution in [0.2, 0.25) is 0 Å². The zero-order valence-corrected chi connectivity index (χ0v) is 31.2. The number of rotatable bonds is 33. The van der Waals surface area contributed by atoms with Gasteiger partial charge in [0.2, 0.25) is 0 Å². The summed E-state index contributed by atoms with van der Waals surface area (Å²) in [5, 5.41) is 39.9. The lowest BCUT2D eigenvalue weighted by molar-refractivity contribution is -0.305. The number of unbranched alkanes of at least 4 members (excludes halogenated alkanes) is 22. The van der Waals surface area contributed by atoms with Gasteiger partial charge in [-0.1, -0.05) is 155 Å². The van der Waals surface area contributed by atoms with Gasteiger partial charge >= 0.3 is 11.9 Å². The van der Waals surface area contributed by atoms with E-state index in [1.165, 1.54) is 109 Å². The molecule has 0 aromatic rings. The molecule has 4 N–H and O–H groups in total. The van der Waals surface area contributed by atoms with Crippen molar-refractivity contribution in [1.82, 2.24) is 0 Å². The first-order valence-electron chi connectivity index (χ1n) is 20.1. The van der Waals surface area contributed by atoms with Crippen LogP contribution in [-0.2, 0) is 28.5 Å². The van der Waals surface area contributed by atoms with E-state index in [4.69, 9.17) is 18.9 Å². The summed E-state index contributed by atoms with van der Waals surface area (Å²) in [6, 6.07) is 0. The Labute approximate surface area is 298 Å². The highest BCUT2D eigenvalue weighted by atomic mass is 16.7. The summed E-state index contributed by atoms with van der Waals surface area (Å²) in [6.07, 6.45) is 21.1. The Morgan fingerprint density at radius 1 is 0.551 bits per heavy atom. The minimum Gasteiger partial charge on any atom is -0.462 e. The van der Waals surface area contributed by atoms with Crippen molar-refractivity contribution in [3.05, 3.63) is 0 Å². The van der Waals surface area contributed by atoms with Gasteiger partial charge in [-0.3, -0.25) is 9.59 Å². The minimum atomic E-state index is -1.59. The highest BCUT2D eigenvalue weighted by molar-refractivity contribution is 5.70. The predicted molar refractivity (Wildman–Crippen MR) is 192 cm³/mol. The summed E-state index contributed by atoms with van der Waals surface area (Å²) in [5.41, 5.74) is 0. The number of ether oxygens (including phenoxy) is 4. The molecule has 1 saturated heterocycles. The molecule has 10 heteroatoms. The normalized spacial score (nSPS) is 21.5. The fourth-order valence-electron chi connectivity index (χ4n) is 6.25. The van der Waals surface area contributed by atoms with Gasteiger partial charge in [0.1, 0.15) is 31.0 Å². The molecule has 6 unspecified atom stereocenters. The van der Waals surface area contributed by atoms with Crippen LogP contribution in [0.15, 0.2) is 0 Å². The summed E-state index contributed by atoms with van der Waals surface area (Å²) in [6.45, 7) is 3.41. The van der Waals surface area contributed by atoms with Gasteiger partial charge in [0.05, 0.1) is 13.2 Å². The zero-order valence-electron chi connectivity index (χ0n) is 31.2. The lowest BCUT2D eigenvalue weighted by Gasteiger charge is -2.39. The maximum Gasteiger partial charge on any atom is 0.306 e. The molecule has 49 heavy (non-hydrogen) atoms. The summed E-state index contributed by atoms with van der Waals surface area (Å²) in [5.74, 6) is -0.799. The fourth-order valence-corrected chi connectivity index (χ4v) is 6.25. The first-order chi connectivity index (χ1) is 23.8. The van der Waals surface area contributed by atoms with Crippen LogP contribution in [0.25, 0.3) is 0 Å². The van der Waals surface area contributed by atoms with Crippen molar-refractivity contribution in [2.24, 2.45) is 0 Å². The summed E-state index contributed by atoms with van der Waals surface area (Å²) in [7, 11) is 0. The maximum atomic E-state index is 12.7. The van der Waals surface area contributed by atoms with Crippen molar-refractivity contribution in [2.45, 2.75) is 218 Å². The Kier molecular flexibility index (Phi) is 29.3. The Balaban J connectivity index is 2.37. The van der Waals surface area contributed by atoms with Crippen molar-refractivity contribution in [1.29, 1.82) is 0 Å². The molecule has 0 aliphatic carbocycles. The predicted octanol–water partition coefficient (Wildman–Crippen LogP) is 7.44. The number of aliphatic hydroxyl groups excluding tert-OH is 4. The molecule has 1 aliphatic rings. The summed E-state index contributed by atoms with van der Waals surface area (Å²) >= 11 is 0. The standard InChI is InChI=1S/C39H74O10/c1-3-5-7-9-11-13-15-16-17-18-20-22-24-26-28-35(42)48-32(31-47-39-38(45)37(44)36(43)33(29-40)49-39)30-46-34(41)27-25-23-21-19-14-12-10-8-6-4-2/h32-33,36-40,43-45H,3-31H2,1-2H3. The first kappa shape index (κ1) is 45.7. The number of hydrogen-bond acceptors (Lipinski definition) is 10. The number of carbonyl (C=O) groups excluding carboxylic acids is 2. The van der Waals surface area contributed by atoms with Crippen molar-refractivity contribution in [3.63, 3.8) is 0 Å². The van der Waals surface area contributed by atoms with Crippen molar-refractivity contribution in [3.8, 4) is 0 Å². The van der Waals surface area contributed by atoms with Crippen molar-refractivity contribution in [2.75, 3.05) is 19.8 Å². The molecule has 290 valence electrons. The zero-order chi connectivity index (χ0) is 36.0. The van der Waals surface area contributed by atoms with Crippen LogP contribution in [0.4, 0.5) is 0 Å². The third-order valence-corrected chi connectivity index (χ3v) is 9.49. The third kappa shape index (κ3) is 23.7. The lowest BCUT2D eigenvalue weighted by atomic mass is 9.99. The Morgan fingerprint density at radius 2 is 0.959 bits per heavy atom. The molecule has 10 nitrogen and oxygen atoms in total. The van der Waals surface area contributed by atoms with Gasteiger partial charge in [0.25, 0.3) is 0 Å². The largest absolute Gasteiger partial charge is 0.462 e. The molecular formula is C39H74O10. The van der Waals surface area contributed by atoms with Gasteiger partial charge in [-0.05, 0) is 12.8 Å². The van der Waals surface area contributed by atoms with Crippen LogP contribution < -0.4 is 0 Å². The molecule has 1 aliphatic heterocycles. The number of carbonyl (C=O) groups is 2. The molecule has 0 saturated carbocycles. The van der Waals surface area contributed by atoms with Gasteiger partial charge in [-0.25, -0.2) is 0 Å². The smallest absolute Gasteiger partial charge is 0.306 e. The molecule has 0 amide bonds. The van der Waals surface area contributed by atoms with E-state index >= 15 is 0 Å². The molecule has 0 aromatic heterocycles. The van der Waals surface area contributed by atoms with E-state index in [9.17, 15) is 30.0 Å². The van der Waals surface area contributed by atoms with E-state index in [1.807, 2.05) is 0 Å². The number of aliphatic hydroxyl groups is 4. The van der Waals surface area contributed by atoms with E-state index in [1.54, 1.807) is 0 Å². The first-order valence-corrected chi connectivity index (χ1v) is 20.1. The molecule has 0 spiro atoms. The SMILES string of the molecule is CCCCCCCCCCCCCCCCC(=O)OC(COC(=O)CCCCCCCCCCCC)COC1OC(CO)C(O)C(O)C1O. The average Bonchev–Trinajstić information content (AvgIpc) is 3.10. The van der Waals surface area contributed by atoms with Gasteiger partial charge in [0.15, 0.2) is 12.4 Å². The van der Waals surface area contributed by atoms with E-state index < -0.39 is 49.4 Å². The van der Waals surface area contributed by atoms with Gasteiger partial charge < -0.3 is 39.4 Å². The minimum absolute atomic E-state index is 0.210. The second-order valence-corrected chi connectivity index (χ2v) is 14.1. The van der Waals surface area contributed by atoms with E-state index in [2.05, 4.69) is 13.8 Å². The molecule has 1 fully saturated rings. The van der Waals surface area contributed by atoms with Crippen molar-refractivity contribution >= 4 is 11.9 Å². The summed E-state index contributed by atoms with van der Waals surface area (Å²) in [4.78, 5) is 25.1. The average molecular weight is 703 g/mol. The van der Waals surface area contributed by atoms with Crippen molar-refractivity contribution < 1.29 is 49.0 Å². The molecule has 0 bridgehead atoms. The maximum absolute atomic E-state index is 12.7. The van der Waals surface area contributed by atoms with Crippen LogP contribution in [-0.4, -0.2) is 89.0 Å². The highest BCUT2D eigenvalue weighted by Gasteiger charge is 2.44. The monoisotopic (exact) mass is 703 g/mol. The van der Waals surface area contributed by atoms with E-state index in [-0.39, 0.29) is 32.0 Å². The van der Waals surface area contributed by atoms with Crippen LogP contribution in [0.3, 0.4) is 0 Å². The second-order valence-electron chi connectivity index (χ2n) is 14.1. The van der Waals surface area contributed by atoms with Crippen LogP contribution in [0.1, 0.15) is 181 Å². The van der Waals surface area contributed by atoms with Gasteiger partial charge in [0, 0.05) is 12.8 Å². The Morgan fingerprint density at radius 3 is 1.39 bits per heavy atom. The van der Waals surface area contributed by atoms with Crippen LogP contribution in [0.5, 0.6) is 0 Å². The fraction of sp³-hybridized carbons (Fsp3) is 0.949. The van der Waals surface area contributed by atoms with Crippen LogP contribution >= 0.6 is 0 Å². The van der Waals surface area contributed by atoms with E-state index in [0.29, 0.717) is 6.42 Å². The molecule has 0 aromatic carbocycles. The quantitative estimate of drug-likeness (QED) is 0.0401. The molecule has 6 atom stereocenters. The van der Waals surface area contributed by atoms with Crippen LogP contribution in [0, 0.1) is 0 Å². The van der Waals surface area contributed by atoms with Gasteiger partial charge in [-0.2, -0.15) is 0 Å².